The number of hydrogen-bond acceptors (Lipinski definition) is 1. The smallest absolute Gasteiger partial charge is 0.254 e. The van der Waals surface area contributed by atoms with Gasteiger partial charge in [0.25, 0.3) is 0 Å². The molecule has 0 aliphatic heterocycles. The maximum Gasteiger partial charge on any atom is 0.418 e. The van der Waals surface area contributed by atoms with E-state index in [2.05, 4.69) is 4.98 Å². The Kier molecular flexibility index (Phi) is 3.79. The fourth-order valence-electron chi connectivity index (χ4n) is 1.59. The van der Waals surface area contributed by atoms with Crippen molar-refractivity contribution in [1.82, 2.24) is 4.98 Å². The van der Waals surface area contributed by atoms with Crippen molar-refractivity contribution in [3.63, 3.8) is 0 Å². The molecule has 1 aromatic heterocycles. The fourth-order valence-corrected chi connectivity index (χ4v) is 1.59. The van der Waals surface area contributed by atoms with Crippen molar-refractivity contribution < 1.29 is 17.6 Å². The molecule has 0 saturated heterocycles. The lowest BCUT2D eigenvalue weighted by Gasteiger charge is -2.17. The van der Waals surface area contributed by atoms with Crippen LogP contribution in [0.2, 0.25) is 0 Å². The van der Waals surface area contributed by atoms with Crippen LogP contribution in [0, 0.1) is 5.82 Å². The van der Waals surface area contributed by atoms with E-state index in [1.807, 2.05) is 0 Å². The molecule has 1 rings (SSSR count). The lowest BCUT2D eigenvalue weighted by atomic mass is 10.00. The van der Waals surface area contributed by atoms with Gasteiger partial charge in [-0.05, 0) is 17.9 Å². The first kappa shape index (κ1) is 13.9. The van der Waals surface area contributed by atoms with Gasteiger partial charge in [-0.2, -0.15) is 13.2 Å². The van der Waals surface area contributed by atoms with E-state index in [1.54, 1.807) is 27.7 Å². The highest BCUT2D eigenvalue weighted by Gasteiger charge is 2.36. The number of rotatable bonds is 2. The Bertz CT molecular complexity index is 408. The lowest BCUT2D eigenvalue weighted by Crippen LogP contribution is -2.15. The van der Waals surface area contributed by atoms with Crippen LogP contribution < -0.4 is 0 Å². The van der Waals surface area contributed by atoms with Crippen molar-refractivity contribution >= 4 is 0 Å². The summed E-state index contributed by atoms with van der Waals surface area (Å²) in [4.78, 5) is 3.84. The minimum Gasteiger partial charge on any atom is -0.254 e. The zero-order chi connectivity index (χ0) is 13.4. The molecule has 0 amide bonds. The number of pyridine rings is 1. The Labute approximate surface area is 97.9 Å². The van der Waals surface area contributed by atoms with Crippen LogP contribution in [0.3, 0.4) is 0 Å². The standard InChI is InChI=1S/C12H15F4N/c1-6(2)10-8(12(14,15)16)5-9(13)11(17-10)7(3)4/h5-7H,1-4H3. The van der Waals surface area contributed by atoms with E-state index in [0.29, 0.717) is 6.07 Å². The number of halogens is 4. The minimum absolute atomic E-state index is 0.0849. The molecule has 0 aliphatic rings. The van der Waals surface area contributed by atoms with Gasteiger partial charge in [-0.1, -0.05) is 27.7 Å². The quantitative estimate of drug-likeness (QED) is 0.704. The molecular weight excluding hydrogens is 234 g/mol. The molecule has 0 unspecified atom stereocenters. The monoisotopic (exact) mass is 249 g/mol. The molecule has 0 aliphatic carbocycles. The molecule has 0 radical (unpaired) electrons. The first-order chi connectivity index (χ1) is 7.64. The Morgan fingerprint density at radius 2 is 1.47 bits per heavy atom. The van der Waals surface area contributed by atoms with Crippen molar-refractivity contribution in [2.45, 2.75) is 45.7 Å². The number of nitrogens with zero attached hydrogens (tertiary/aromatic N) is 1. The summed E-state index contributed by atoms with van der Waals surface area (Å²) in [5, 5.41) is 0. The highest BCUT2D eigenvalue weighted by molar-refractivity contribution is 5.30. The number of alkyl halides is 3. The van der Waals surface area contributed by atoms with Gasteiger partial charge >= 0.3 is 6.18 Å². The first-order valence-corrected chi connectivity index (χ1v) is 5.42. The van der Waals surface area contributed by atoms with Crippen LogP contribution in [0.1, 0.15) is 56.5 Å². The zero-order valence-electron chi connectivity index (χ0n) is 10.2. The van der Waals surface area contributed by atoms with E-state index in [1.165, 1.54) is 0 Å². The molecule has 1 heterocycles. The molecule has 0 bridgehead atoms. The molecule has 0 fully saturated rings. The number of aromatic nitrogens is 1. The summed E-state index contributed by atoms with van der Waals surface area (Å²) in [6, 6.07) is 0.553. The van der Waals surface area contributed by atoms with Crippen molar-refractivity contribution in [2.24, 2.45) is 0 Å². The van der Waals surface area contributed by atoms with Crippen LogP contribution in [0.25, 0.3) is 0 Å². The normalized spacial score (nSPS) is 12.6. The topological polar surface area (TPSA) is 12.9 Å². The summed E-state index contributed by atoms with van der Waals surface area (Å²) in [5.74, 6) is -1.53. The van der Waals surface area contributed by atoms with Crippen LogP contribution in [0.4, 0.5) is 17.6 Å². The predicted molar refractivity (Wildman–Crippen MR) is 57.4 cm³/mol. The second kappa shape index (κ2) is 4.63. The Hall–Kier alpha value is -1.13. The van der Waals surface area contributed by atoms with E-state index >= 15 is 0 Å². The van der Waals surface area contributed by atoms with E-state index < -0.39 is 23.5 Å². The fraction of sp³-hybridized carbons (Fsp3) is 0.583. The van der Waals surface area contributed by atoms with Gasteiger partial charge in [-0.25, -0.2) is 4.39 Å². The molecule has 0 atom stereocenters. The molecule has 0 N–H and O–H groups in total. The van der Waals surface area contributed by atoms with Crippen molar-refractivity contribution in [1.29, 1.82) is 0 Å². The van der Waals surface area contributed by atoms with E-state index in [0.717, 1.165) is 0 Å². The molecule has 0 aromatic carbocycles. The lowest BCUT2D eigenvalue weighted by molar-refractivity contribution is -0.138. The largest absolute Gasteiger partial charge is 0.418 e. The van der Waals surface area contributed by atoms with Crippen molar-refractivity contribution in [3.05, 3.63) is 28.8 Å². The summed E-state index contributed by atoms with van der Waals surface area (Å²) in [6.45, 7) is 6.62. The summed E-state index contributed by atoms with van der Waals surface area (Å²) in [5.41, 5.74) is -0.987. The molecule has 96 valence electrons. The molecule has 0 saturated carbocycles. The average Bonchev–Trinajstić information content (AvgIpc) is 2.14. The van der Waals surface area contributed by atoms with E-state index in [4.69, 9.17) is 0 Å². The molecule has 1 aromatic rings. The van der Waals surface area contributed by atoms with Gasteiger partial charge in [0.15, 0.2) is 0 Å². The van der Waals surface area contributed by atoms with E-state index in [-0.39, 0.29) is 17.3 Å². The summed E-state index contributed by atoms with van der Waals surface area (Å²) in [6.07, 6.45) is -4.57. The molecule has 1 nitrogen and oxygen atoms in total. The Morgan fingerprint density at radius 1 is 1.00 bits per heavy atom. The third kappa shape index (κ3) is 2.96. The molecule has 17 heavy (non-hydrogen) atoms. The van der Waals surface area contributed by atoms with Crippen LogP contribution in [-0.4, -0.2) is 4.98 Å². The highest BCUT2D eigenvalue weighted by atomic mass is 19.4. The number of hydrogen-bond donors (Lipinski definition) is 0. The van der Waals surface area contributed by atoms with Gasteiger partial charge in [-0.15, -0.1) is 0 Å². The first-order valence-electron chi connectivity index (χ1n) is 5.42. The molecular formula is C12H15F4N. The Morgan fingerprint density at radius 3 is 1.82 bits per heavy atom. The van der Waals surface area contributed by atoms with Crippen molar-refractivity contribution in [3.8, 4) is 0 Å². The van der Waals surface area contributed by atoms with Gasteiger partial charge in [-0.3, -0.25) is 4.98 Å². The molecule has 5 heteroatoms. The maximum absolute atomic E-state index is 13.5. The zero-order valence-corrected chi connectivity index (χ0v) is 10.2. The van der Waals surface area contributed by atoms with Crippen LogP contribution in [0.5, 0.6) is 0 Å². The predicted octanol–water partition coefficient (Wildman–Crippen LogP) is 4.49. The third-order valence-corrected chi connectivity index (χ3v) is 2.43. The van der Waals surface area contributed by atoms with Crippen LogP contribution >= 0.6 is 0 Å². The van der Waals surface area contributed by atoms with Gasteiger partial charge in [0, 0.05) is 0 Å². The average molecular weight is 249 g/mol. The van der Waals surface area contributed by atoms with E-state index in [9.17, 15) is 17.6 Å². The summed E-state index contributed by atoms with van der Waals surface area (Å²) < 4.78 is 51.7. The van der Waals surface area contributed by atoms with Gasteiger partial charge in [0.05, 0.1) is 17.0 Å². The van der Waals surface area contributed by atoms with Gasteiger partial charge in [0.1, 0.15) is 5.82 Å². The van der Waals surface area contributed by atoms with Crippen molar-refractivity contribution in [2.75, 3.05) is 0 Å². The Balaban J connectivity index is 3.47. The summed E-state index contributed by atoms with van der Waals surface area (Å²) >= 11 is 0. The third-order valence-electron chi connectivity index (χ3n) is 2.43. The SMILES string of the molecule is CC(C)c1nc(C(C)C)c(C(F)(F)F)cc1F. The second-order valence-corrected chi connectivity index (χ2v) is 4.60. The van der Waals surface area contributed by atoms with Crippen LogP contribution in [-0.2, 0) is 6.18 Å². The minimum atomic E-state index is -4.57. The van der Waals surface area contributed by atoms with Gasteiger partial charge < -0.3 is 0 Å². The highest BCUT2D eigenvalue weighted by Crippen LogP contribution is 2.36. The second-order valence-electron chi connectivity index (χ2n) is 4.60. The molecule has 0 spiro atoms. The summed E-state index contributed by atoms with van der Waals surface area (Å²) in [7, 11) is 0. The maximum atomic E-state index is 13.5. The van der Waals surface area contributed by atoms with Crippen LogP contribution in [0.15, 0.2) is 6.07 Å². The van der Waals surface area contributed by atoms with Gasteiger partial charge in [0.2, 0.25) is 0 Å².